The lowest BCUT2D eigenvalue weighted by Gasteiger charge is -2.18. The van der Waals surface area contributed by atoms with Gasteiger partial charge in [-0.2, -0.15) is 0 Å². The first-order chi connectivity index (χ1) is 8.65. The number of aromatic nitrogens is 2. The number of nitrogens with zero attached hydrogens (tertiary/aromatic N) is 2. The third kappa shape index (κ3) is 1.75. The summed E-state index contributed by atoms with van der Waals surface area (Å²) in [6, 6.07) is 2.96. The molecule has 0 atom stereocenters. The zero-order valence-electron chi connectivity index (χ0n) is 10.2. The Balaban J connectivity index is 2.22. The number of fused-ring (bicyclic) bond motifs is 1. The Kier molecular flexibility index (Phi) is 2.54. The molecule has 1 aliphatic heterocycles. The van der Waals surface area contributed by atoms with Crippen LogP contribution in [0.15, 0.2) is 16.9 Å². The average molecular weight is 247 g/mol. The Bertz CT molecular complexity index is 659. The molecule has 5 heteroatoms. The standard InChI is InChI=1S/C13H14FN3O/c1-8-15-11-7-10(14)12(17-4-2-3-5-17)6-9(11)13(18)16-8/h6-7H,2-5H2,1H3,(H,15,16,18). The Labute approximate surface area is 103 Å². The van der Waals surface area contributed by atoms with Crippen LogP contribution in [0.5, 0.6) is 0 Å². The van der Waals surface area contributed by atoms with E-state index < -0.39 is 0 Å². The molecule has 0 unspecified atom stereocenters. The van der Waals surface area contributed by atoms with Gasteiger partial charge in [0.25, 0.3) is 5.56 Å². The predicted molar refractivity (Wildman–Crippen MR) is 68.5 cm³/mol. The summed E-state index contributed by atoms with van der Waals surface area (Å²) in [4.78, 5) is 20.6. The van der Waals surface area contributed by atoms with Gasteiger partial charge in [0.1, 0.15) is 11.6 Å². The normalized spacial score (nSPS) is 15.6. The van der Waals surface area contributed by atoms with E-state index in [2.05, 4.69) is 9.97 Å². The van der Waals surface area contributed by atoms with E-state index in [-0.39, 0.29) is 11.4 Å². The maximum Gasteiger partial charge on any atom is 0.258 e. The molecule has 3 rings (SSSR count). The van der Waals surface area contributed by atoms with E-state index in [0.717, 1.165) is 25.9 Å². The van der Waals surface area contributed by atoms with E-state index in [1.165, 1.54) is 6.07 Å². The molecule has 0 aliphatic carbocycles. The molecule has 0 saturated carbocycles. The third-order valence-corrected chi connectivity index (χ3v) is 3.34. The van der Waals surface area contributed by atoms with Crippen molar-refractivity contribution in [3.63, 3.8) is 0 Å². The van der Waals surface area contributed by atoms with E-state index in [4.69, 9.17) is 0 Å². The first kappa shape index (κ1) is 11.2. The van der Waals surface area contributed by atoms with Gasteiger partial charge in [0.05, 0.1) is 16.6 Å². The van der Waals surface area contributed by atoms with Crippen LogP contribution in [-0.2, 0) is 0 Å². The predicted octanol–water partition coefficient (Wildman–Crippen LogP) is 1.97. The maximum atomic E-state index is 14.0. The second kappa shape index (κ2) is 4.08. The average Bonchev–Trinajstić information content (AvgIpc) is 2.81. The SMILES string of the molecule is Cc1nc2cc(F)c(N3CCCC3)cc2c(=O)[nH]1. The molecule has 0 spiro atoms. The highest BCUT2D eigenvalue weighted by atomic mass is 19.1. The molecule has 0 radical (unpaired) electrons. The van der Waals surface area contributed by atoms with Crippen molar-refractivity contribution in [2.24, 2.45) is 0 Å². The smallest absolute Gasteiger partial charge is 0.258 e. The zero-order chi connectivity index (χ0) is 12.7. The number of hydrogen-bond acceptors (Lipinski definition) is 3. The molecule has 0 amide bonds. The minimum absolute atomic E-state index is 0.210. The third-order valence-electron chi connectivity index (χ3n) is 3.34. The minimum Gasteiger partial charge on any atom is -0.369 e. The summed E-state index contributed by atoms with van der Waals surface area (Å²) >= 11 is 0. The van der Waals surface area contributed by atoms with Crippen molar-refractivity contribution in [2.75, 3.05) is 18.0 Å². The Morgan fingerprint density at radius 1 is 1.33 bits per heavy atom. The Hall–Kier alpha value is -1.91. The Morgan fingerprint density at radius 3 is 2.78 bits per heavy atom. The summed E-state index contributed by atoms with van der Waals surface area (Å²) in [6.45, 7) is 3.38. The largest absolute Gasteiger partial charge is 0.369 e. The number of H-pyrrole nitrogens is 1. The van der Waals surface area contributed by atoms with Crippen LogP contribution >= 0.6 is 0 Å². The number of aromatic amines is 1. The summed E-state index contributed by atoms with van der Waals surface area (Å²) in [5, 5.41) is 0.448. The zero-order valence-corrected chi connectivity index (χ0v) is 10.2. The lowest BCUT2D eigenvalue weighted by Crippen LogP contribution is -2.20. The van der Waals surface area contributed by atoms with Gasteiger partial charge in [-0.3, -0.25) is 4.79 Å². The van der Waals surface area contributed by atoms with Gasteiger partial charge in [-0.1, -0.05) is 0 Å². The molecule has 4 nitrogen and oxygen atoms in total. The van der Waals surface area contributed by atoms with Gasteiger partial charge in [-0.05, 0) is 25.8 Å². The molecule has 18 heavy (non-hydrogen) atoms. The molecule has 1 aromatic heterocycles. The molecule has 1 aromatic carbocycles. The van der Waals surface area contributed by atoms with Gasteiger partial charge < -0.3 is 9.88 Å². The molecule has 0 bridgehead atoms. The Morgan fingerprint density at radius 2 is 2.06 bits per heavy atom. The van der Waals surface area contributed by atoms with Gasteiger partial charge in [-0.15, -0.1) is 0 Å². The monoisotopic (exact) mass is 247 g/mol. The summed E-state index contributed by atoms with van der Waals surface area (Å²) in [5.41, 5.74) is 0.714. The highest BCUT2D eigenvalue weighted by Crippen LogP contribution is 2.26. The van der Waals surface area contributed by atoms with Crippen LogP contribution in [0.2, 0.25) is 0 Å². The van der Waals surface area contributed by atoms with Crippen molar-refractivity contribution >= 4 is 16.6 Å². The second-order valence-corrected chi connectivity index (χ2v) is 4.67. The number of aryl methyl sites for hydroxylation is 1. The molecular formula is C13H14FN3O. The van der Waals surface area contributed by atoms with Gasteiger partial charge in [0.15, 0.2) is 0 Å². The van der Waals surface area contributed by atoms with Crippen LogP contribution in [0.4, 0.5) is 10.1 Å². The van der Waals surface area contributed by atoms with E-state index in [1.807, 2.05) is 4.90 Å². The van der Waals surface area contributed by atoms with Crippen LogP contribution in [0.1, 0.15) is 18.7 Å². The van der Waals surface area contributed by atoms with Crippen molar-refractivity contribution in [2.45, 2.75) is 19.8 Å². The van der Waals surface area contributed by atoms with Gasteiger partial charge in [-0.25, -0.2) is 9.37 Å². The van der Waals surface area contributed by atoms with E-state index in [0.29, 0.717) is 22.4 Å². The minimum atomic E-state index is -0.304. The second-order valence-electron chi connectivity index (χ2n) is 4.67. The molecule has 1 aliphatic rings. The summed E-state index contributed by atoms with van der Waals surface area (Å²) in [7, 11) is 0. The van der Waals surface area contributed by atoms with Crippen LogP contribution < -0.4 is 10.5 Å². The highest BCUT2D eigenvalue weighted by molar-refractivity contribution is 5.82. The number of benzene rings is 1. The van der Waals surface area contributed by atoms with Gasteiger partial charge in [0, 0.05) is 19.2 Å². The van der Waals surface area contributed by atoms with Crippen LogP contribution in [-0.4, -0.2) is 23.1 Å². The number of anilines is 1. The molecule has 1 fully saturated rings. The van der Waals surface area contributed by atoms with E-state index in [1.54, 1.807) is 13.0 Å². The fraction of sp³-hybridized carbons (Fsp3) is 0.385. The van der Waals surface area contributed by atoms with E-state index in [9.17, 15) is 9.18 Å². The molecule has 1 N–H and O–H groups in total. The fourth-order valence-electron chi connectivity index (χ4n) is 2.47. The van der Waals surface area contributed by atoms with Crippen molar-refractivity contribution in [3.05, 3.63) is 34.1 Å². The number of halogens is 1. The van der Waals surface area contributed by atoms with Crippen LogP contribution in [0.3, 0.4) is 0 Å². The van der Waals surface area contributed by atoms with Crippen LogP contribution in [0.25, 0.3) is 10.9 Å². The van der Waals surface area contributed by atoms with E-state index >= 15 is 0 Å². The first-order valence-corrected chi connectivity index (χ1v) is 6.10. The number of nitrogens with one attached hydrogen (secondary N) is 1. The molecular weight excluding hydrogens is 233 g/mol. The molecule has 94 valence electrons. The summed E-state index contributed by atoms with van der Waals surface area (Å²) in [6.07, 6.45) is 2.14. The summed E-state index contributed by atoms with van der Waals surface area (Å²) < 4.78 is 14.0. The van der Waals surface area contributed by atoms with Gasteiger partial charge >= 0.3 is 0 Å². The molecule has 2 heterocycles. The topological polar surface area (TPSA) is 49.0 Å². The van der Waals surface area contributed by atoms with Gasteiger partial charge in [0.2, 0.25) is 0 Å². The first-order valence-electron chi connectivity index (χ1n) is 6.10. The fourth-order valence-corrected chi connectivity index (χ4v) is 2.47. The molecule has 1 saturated heterocycles. The van der Waals surface area contributed by atoms with Crippen molar-refractivity contribution in [1.29, 1.82) is 0 Å². The summed E-state index contributed by atoms with van der Waals surface area (Å²) in [5.74, 6) is 0.197. The van der Waals surface area contributed by atoms with Crippen molar-refractivity contribution in [3.8, 4) is 0 Å². The van der Waals surface area contributed by atoms with Crippen LogP contribution in [0, 0.1) is 12.7 Å². The van der Waals surface area contributed by atoms with Crippen molar-refractivity contribution < 1.29 is 4.39 Å². The molecule has 2 aromatic rings. The quantitative estimate of drug-likeness (QED) is 0.838. The highest BCUT2D eigenvalue weighted by Gasteiger charge is 2.17. The number of rotatable bonds is 1. The number of hydrogen-bond donors (Lipinski definition) is 1. The van der Waals surface area contributed by atoms with Crippen molar-refractivity contribution in [1.82, 2.24) is 9.97 Å². The maximum absolute atomic E-state index is 14.0. The lowest BCUT2D eigenvalue weighted by atomic mass is 10.2. The lowest BCUT2D eigenvalue weighted by molar-refractivity contribution is 0.624.